The molecule has 7 nitrogen and oxygen atoms in total. The Balaban J connectivity index is 1.29. The van der Waals surface area contributed by atoms with Crippen LogP contribution in [-0.2, 0) is 0 Å². The van der Waals surface area contributed by atoms with Crippen LogP contribution in [-0.4, -0.2) is 56.3 Å². The molecular weight excluding hydrogens is 443 g/mol. The maximum Gasteiger partial charge on any atom is 0.127 e. The molecule has 1 aliphatic rings. The van der Waals surface area contributed by atoms with Crippen LogP contribution < -0.4 is 4.74 Å². The number of pyridine rings is 2. The van der Waals surface area contributed by atoms with Crippen molar-refractivity contribution in [1.82, 2.24) is 30.0 Å². The Hall–Kier alpha value is -4.04. The van der Waals surface area contributed by atoms with Gasteiger partial charge in [0.15, 0.2) is 0 Å². The largest absolute Gasteiger partial charge is 0.492 e. The summed E-state index contributed by atoms with van der Waals surface area (Å²) in [7, 11) is 0. The standard InChI is InChI=1S/C27H25FN6O/c28-19-11-18(12-20(13-19)35-10-9-34-7-3-4-8-34)22-16-29-17-27-21(22)14-24(31-27)26-15-25(32-33-26)23-5-1-2-6-30-23/h1-2,5-6,11-17,31H,3-4,7-10H2,(H,32,33). The van der Waals surface area contributed by atoms with Crippen LogP contribution in [0.4, 0.5) is 4.39 Å². The van der Waals surface area contributed by atoms with Crippen molar-refractivity contribution in [2.45, 2.75) is 12.8 Å². The van der Waals surface area contributed by atoms with E-state index in [1.165, 1.54) is 25.0 Å². The number of ether oxygens (including phenoxy) is 1. The van der Waals surface area contributed by atoms with Crippen molar-refractivity contribution in [1.29, 1.82) is 0 Å². The van der Waals surface area contributed by atoms with E-state index >= 15 is 0 Å². The third-order valence-corrected chi connectivity index (χ3v) is 6.40. The summed E-state index contributed by atoms with van der Waals surface area (Å²) in [4.78, 5) is 14.5. The molecule has 6 rings (SSSR count). The van der Waals surface area contributed by atoms with Crippen molar-refractivity contribution in [3.05, 3.63) is 72.9 Å². The molecule has 4 aromatic heterocycles. The second-order valence-electron chi connectivity index (χ2n) is 8.79. The molecule has 0 radical (unpaired) electrons. The maximum atomic E-state index is 14.5. The summed E-state index contributed by atoms with van der Waals surface area (Å²) < 4.78 is 20.4. The van der Waals surface area contributed by atoms with Gasteiger partial charge in [-0.05, 0) is 67.9 Å². The number of aromatic nitrogens is 5. The topological polar surface area (TPSA) is 82.7 Å². The molecule has 1 aromatic carbocycles. The number of likely N-dealkylation sites (tertiary alicyclic amines) is 1. The molecule has 8 heteroatoms. The van der Waals surface area contributed by atoms with Gasteiger partial charge in [-0.1, -0.05) is 6.07 Å². The van der Waals surface area contributed by atoms with Crippen LogP contribution in [0.3, 0.4) is 0 Å². The summed E-state index contributed by atoms with van der Waals surface area (Å²) >= 11 is 0. The molecule has 0 spiro atoms. The van der Waals surface area contributed by atoms with E-state index in [-0.39, 0.29) is 5.82 Å². The molecule has 176 valence electrons. The van der Waals surface area contributed by atoms with Gasteiger partial charge in [-0.2, -0.15) is 5.10 Å². The number of nitrogens with one attached hydrogen (secondary N) is 2. The fraction of sp³-hybridized carbons (Fsp3) is 0.222. The Labute approximate surface area is 202 Å². The molecule has 35 heavy (non-hydrogen) atoms. The summed E-state index contributed by atoms with van der Waals surface area (Å²) in [5.74, 6) is 0.193. The minimum absolute atomic E-state index is 0.335. The monoisotopic (exact) mass is 468 g/mol. The lowest BCUT2D eigenvalue weighted by molar-refractivity contribution is 0.237. The van der Waals surface area contributed by atoms with E-state index in [2.05, 4.69) is 30.0 Å². The molecule has 0 atom stereocenters. The number of rotatable bonds is 7. The Morgan fingerprint density at radius 1 is 0.971 bits per heavy atom. The lowest BCUT2D eigenvalue weighted by atomic mass is 10.0. The van der Waals surface area contributed by atoms with E-state index in [1.54, 1.807) is 18.6 Å². The summed E-state index contributed by atoms with van der Waals surface area (Å²) in [6.45, 7) is 3.62. The summed E-state index contributed by atoms with van der Waals surface area (Å²) in [6.07, 6.45) is 7.75. The lowest BCUT2D eigenvalue weighted by Gasteiger charge is -2.15. The minimum Gasteiger partial charge on any atom is -0.492 e. The van der Waals surface area contributed by atoms with E-state index in [1.807, 2.05) is 36.4 Å². The molecule has 5 aromatic rings. The molecule has 0 saturated carbocycles. The predicted octanol–water partition coefficient (Wildman–Crippen LogP) is 5.30. The second-order valence-corrected chi connectivity index (χ2v) is 8.79. The maximum absolute atomic E-state index is 14.5. The predicted molar refractivity (Wildman–Crippen MR) is 133 cm³/mol. The highest BCUT2D eigenvalue weighted by atomic mass is 19.1. The van der Waals surface area contributed by atoms with Crippen molar-refractivity contribution < 1.29 is 9.13 Å². The zero-order valence-corrected chi connectivity index (χ0v) is 19.2. The summed E-state index contributed by atoms with van der Waals surface area (Å²) in [5, 5.41) is 8.44. The van der Waals surface area contributed by atoms with E-state index in [0.29, 0.717) is 12.4 Å². The number of benzene rings is 1. The Kier molecular flexibility index (Phi) is 5.71. The highest BCUT2D eigenvalue weighted by molar-refractivity contribution is 5.97. The van der Waals surface area contributed by atoms with Gasteiger partial charge in [0.1, 0.15) is 23.9 Å². The van der Waals surface area contributed by atoms with Gasteiger partial charge in [0, 0.05) is 36.0 Å². The fourth-order valence-corrected chi connectivity index (χ4v) is 4.63. The first-order chi connectivity index (χ1) is 17.2. The normalized spacial score (nSPS) is 14.1. The quantitative estimate of drug-likeness (QED) is 0.339. The van der Waals surface area contributed by atoms with Gasteiger partial charge in [-0.15, -0.1) is 0 Å². The van der Waals surface area contributed by atoms with E-state index in [0.717, 1.165) is 64.4 Å². The number of hydrogen-bond acceptors (Lipinski definition) is 5. The number of halogens is 1. The average molecular weight is 469 g/mol. The number of hydrogen-bond donors (Lipinski definition) is 2. The van der Waals surface area contributed by atoms with Crippen LogP contribution in [0.5, 0.6) is 5.75 Å². The zero-order valence-electron chi connectivity index (χ0n) is 19.2. The molecule has 0 aliphatic carbocycles. The van der Waals surface area contributed by atoms with Gasteiger partial charge in [0.05, 0.1) is 28.8 Å². The van der Waals surface area contributed by atoms with E-state index in [9.17, 15) is 4.39 Å². The smallest absolute Gasteiger partial charge is 0.127 e. The number of fused-ring (bicyclic) bond motifs is 1. The van der Waals surface area contributed by atoms with Gasteiger partial charge in [-0.3, -0.25) is 20.0 Å². The molecule has 1 fully saturated rings. The highest BCUT2D eigenvalue weighted by Crippen LogP contribution is 2.34. The van der Waals surface area contributed by atoms with Crippen LogP contribution in [0.2, 0.25) is 0 Å². The summed E-state index contributed by atoms with van der Waals surface area (Å²) in [5.41, 5.74) is 5.65. The average Bonchev–Trinajstić information content (AvgIpc) is 3.64. The van der Waals surface area contributed by atoms with Gasteiger partial charge >= 0.3 is 0 Å². The number of H-pyrrole nitrogens is 2. The first-order valence-corrected chi connectivity index (χ1v) is 11.8. The summed E-state index contributed by atoms with van der Waals surface area (Å²) in [6, 6.07) is 14.6. The third kappa shape index (κ3) is 4.52. The van der Waals surface area contributed by atoms with Crippen molar-refractivity contribution in [3.8, 4) is 39.7 Å². The third-order valence-electron chi connectivity index (χ3n) is 6.40. The van der Waals surface area contributed by atoms with Gasteiger partial charge < -0.3 is 9.72 Å². The van der Waals surface area contributed by atoms with Gasteiger partial charge in [0.2, 0.25) is 0 Å². The number of aromatic amines is 2. The Morgan fingerprint density at radius 2 is 1.89 bits per heavy atom. The zero-order chi connectivity index (χ0) is 23.6. The molecule has 1 aliphatic heterocycles. The van der Waals surface area contributed by atoms with Crippen LogP contribution in [0, 0.1) is 5.82 Å². The fourth-order valence-electron chi connectivity index (χ4n) is 4.63. The van der Waals surface area contributed by atoms with Crippen molar-refractivity contribution in [2.75, 3.05) is 26.2 Å². The Morgan fingerprint density at radius 3 is 2.74 bits per heavy atom. The molecule has 1 saturated heterocycles. The molecule has 2 N–H and O–H groups in total. The molecule has 0 unspecified atom stereocenters. The van der Waals surface area contributed by atoms with Crippen LogP contribution in [0.15, 0.2) is 67.1 Å². The first-order valence-electron chi connectivity index (χ1n) is 11.8. The molecule has 0 amide bonds. The second kappa shape index (κ2) is 9.31. The molecule has 0 bridgehead atoms. The van der Waals surface area contributed by atoms with Crippen LogP contribution >= 0.6 is 0 Å². The van der Waals surface area contributed by atoms with E-state index in [4.69, 9.17) is 4.74 Å². The van der Waals surface area contributed by atoms with Crippen LogP contribution in [0.1, 0.15) is 12.8 Å². The van der Waals surface area contributed by atoms with Crippen molar-refractivity contribution in [3.63, 3.8) is 0 Å². The van der Waals surface area contributed by atoms with Crippen molar-refractivity contribution >= 4 is 10.9 Å². The Bertz CT molecular complexity index is 1460. The minimum atomic E-state index is -0.335. The lowest BCUT2D eigenvalue weighted by Crippen LogP contribution is -2.25. The first kappa shape index (κ1) is 21.5. The van der Waals surface area contributed by atoms with Gasteiger partial charge in [0.25, 0.3) is 0 Å². The highest BCUT2D eigenvalue weighted by Gasteiger charge is 2.15. The van der Waals surface area contributed by atoms with Crippen molar-refractivity contribution in [2.24, 2.45) is 0 Å². The van der Waals surface area contributed by atoms with Crippen LogP contribution in [0.25, 0.3) is 44.8 Å². The molecular formula is C27H25FN6O. The number of nitrogens with zero attached hydrogens (tertiary/aromatic N) is 4. The van der Waals surface area contributed by atoms with E-state index < -0.39 is 0 Å². The SMILES string of the molecule is Fc1cc(OCCN2CCCC2)cc(-c2cncc3[nH]c(-c4cc(-c5ccccn5)[nH]n4)cc23)c1. The molecule has 5 heterocycles. The van der Waals surface area contributed by atoms with Gasteiger partial charge in [-0.25, -0.2) is 4.39 Å².